The molecule has 2 nitrogen and oxygen atoms in total. The molecule has 0 fully saturated rings. The number of rotatable bonds is 4. The van der Waals surface area contributed by atoms with Crippen molar-refractivity contribution in [2.75, 3.05) is 9.80 Å². The first kappa shape index (κ1) is 46.6. The fourth-order valence-corrected chi connectivity index (χ4v) is 12.8. The summed E-state index contributed by atoms with van der Waals surface area (Å²) >= 11 is 0. The Balaban J connectivity index is 1.31. The SMILES string of the molecule is Cc1cc2c(cc1N1c3cc(-c4ccccc4)ccc3B3c4cc5c(cc4N(c4ccc(C(C)(C)C)cc4-c4ccccc4)c4cc(C(C)(C)C)cc1c43)C(C)(C)CCC5(C)C)C(C)(C)CCC2(C)C. The van der Waals surface area contributed by atoms with Crippen LogP contribution in [0.3, 0.4) is 0 Å². The van der Waals surface area contributed by atoms with Crippen LogP contribution in [0.4, 0.5) is 34.1 Å². The highest BCUT2D eigenvalue weighted by Gasteiger charge is 2.48. The van der Waals surface area contributed by atoms with E-state index in [0.29, 0.717) is 0 Å². The molecule has 7 aromatic carbocycles. The highest BCUT2D eigenvalue weighted by Crippen LogP contribution is 2.54. The zero-order valence-electron chi connectivity index (χ0n) is 45.0. The molecular formula is C67H75BN2. The second-order valence-electron chi connectivity index (χ2n) is 26.4. The Bertz CT molecular complexity index is 3240. The lowest BCUT2D eigenvalue weighted by molar-refractivity contribution is 0.332. The lowest BCUT2D eigenvalue weighted by atomic mass is 9.33. The molecule has 3 heteroatoms. The average molecular weight is 919 g/mol. The van der Waals surface area contributed by atoms with Crippen LogP contribution in [0.25, 0.3) is 22.3 Å². The maximum Gasteiger partial charge on any atom is 0.252 e. The number of nitrogens with zero attached hydrogens (tertiary/aromatic N) is 2. The van der Waals surface area contributed by atoms with E-state index in [1.54, 1.807) is 0 Å². The molecule has 0 unspecified atom stereocenters. The van der Waals surface area contributed by atoms with Crippen molar-refractivity contribution >= 4 is 57.2 Å². The maximum absolute atomic E-state index is 2.72. The lowest BCUT2D eigenvalue weighted by Crippen LogP contribution is -2.62. The molecule has 0 saturated heterocycles. The summed E-state index contributed by atoms with van der Waals surface area (Å²) in [7, 11) is 0. The Morgan fingerprint density at radius 2 is 0.857 bits per heavy atom. The minimum atomic E-state index is -0.137. The van der Waals surface area contributed by atoms with E-state index in [-0.39, 0.29) is 39.2 Å². The summed E-state index contributed by atoms with van der Waals surface area (Å²) in [6, 6.07) is 52.7. The van der Waals surface area contributed by atoms with Crippen molar-refractivity contribution in [1.29, 1.82) is 0 Å². The molecule has 0 amide bonds. The van der Waals surface area contributed by atoms with Crippen molar-refractivity contribution in [3.8, 4) is 22.3 Å². The minimum absolute atomic E-state index is 0.00909. The summed E-state index contributed by atoms with van der Waals surface area (Å²) in [5.74, 6) is 0. The largest absolute Gasteiger partial charge is 0.311 e. The number of anilines is 6. The van der Waals surface area contributed by atoms with E-state index in [2.05, 4.69) is 247 Å². The van der Waals surface area contributed by atoms with Gasteiger partial charge in [-0.1, -0.05) is 188 Å². The van der Waals surface area contributed by atoms with Gasteiger partial charge in [-0.3, -0.25) is 0 Å². The van der Waals surface area contributed by atoms with E-state index in [9.17, 15) is 0 Å². The molecule has 356 valence electrons. The number of fused-ring (bicyclic) bond motifs is 6. The molecule has 2 heterocycles. The fraction of sp³-hybridized carbons (Fsp3) is 0.373. The van der Waals surface area contributed by atoms with Crippen LogP contribution in [0.2, 0.25) is 0 Å². The second kappa shape index (κ2) is 15.6. The van der Waals surface area contributed by atoms with Crippen molar-refractivity contribution in [3.05, 3.63) is 172 Å². The Labute approximate surface area is 421 Å². The molecule has 70 heavy (non-hydrogen) atoms. The first-order valence-electron chi connectivity index (χ1n) is 26.4. The van der Waals surface area contributed by atoms with E-state index < -0.39 is 0 Å². The molecule has 7 aromatic rings. The van der Waals surface area contributed by atoms with Crippen LogP contribution in [0.15, 0.2) is 133 Å². The average Bonchev–Trinajstić information content (AvgIpc) is 3.31. The molecule has 4 aliphatic rings. The van der Waals surface area contributed by atoms with Crippen LogP contribution in [-0.4, -0.2) is 6.71 Å². The molecule has 2 aliphatic heterocycles. The first-order valence-corrected chi connectivity index (χ1v) is 26.4. The molecule has 0 spiro atoms. The Hall–Kier alpha value is -5.80. The van der Waals surface area contributed by atoms with Crippen LogP contribution in [-0.2, 0) is 32.5 Å². The van der Waals surface area contributed by atoms with E-state index in [4.69, 9.17) is 0 Å². The van der Waals surface area contributed by atoms with Gasteiger partial charge >= 0.3 is 0 Å². The molecule has 0 radical (unpaired) electrons. The van der Waals surface area contributed by atoms with Crippen LogP contribution in [0.5, 0.6) is 0 Å². The summed E-state index contributed by atoms with van der Waals surface area (Å²) in [6.45, 7) is 36.4. The molecule has 11 rings (SSSR count). The van der Waals surface area contributed by atoms with Crippen molar-refractivity contribution < 1.29 is 0 Å². The zero-order valence-corrected chi connectivity index (χ0v) is 45.0. The first-order chi connectivity index (χ1) is 32.9. The summed E-state index contributed by atoms with van der Waals surface area (Å²) in [4.78, 5) is 5.44. The normalized spacial score (nSPS) is 18.1. The number of benzene rings is 7. The Morgan fingerprint density at radius 1 is 0.386 bits per heavy atom. The van der Waals surface area contributed by atoms with Crippen LogP contribution in [0, 0.1) is 6.92 Å². The van der Waals surface area contributed by atoms with Gasteiger partial charge in [-0.2, -0.15) is 0 Å². The molecule has 0 saturated carbocycles. The smallest absolute Gasteiger partial charge is 0.252 e. The van der Waals surface area contributed by atoms with Crippen molar-refractivity contribution in [1.82, 2.24) is 0 Å². The van der Waals surface area contributed by atoms with Gasteiger partial charge in [-0.05, 0) is 180 Å². The summed E-state index contributed by atoms with van der Waals surface area (Å²) < 4.78 is 0. The fourth-order valence-electron chi connectivity index (χ4n) is 12.8. The van der Waals surface area contributed by atoms with Gasteiger partial charge in [0.2, 0.25) is 0 Å². The Kier molecular flexibility index (Phi) is 10.4. The molecule has 0 atom stereocenters. The molecule has 0 N–H and O–H groups in total. The predicted octanol–water partition coefficient (Wildman–Crippen LogP) is 16.7. The third-order valence-corrected chi connectivity index (χ3v) is 17.6. The summed E-state index contributed by atoms with van der Waals surface area (Å²) in [5, 5.41) is 0. The topological polar surface area (TPSA) is 6.48 Å². The maximum atomic E-state index is 2.72. The van der Waals surface area contributed by atoms with E-state index in [1.165, 1.54) is 131 Å². The highest BCUT2D eigenvalue weighted by molar-refractivity contribution is 7.00. The molecule has 0 aromatic heterocycles. The monoisotopic (exact) mass is 919 g/mol. The van der Waals surface area contributed by atoms with Crippen molar-refractivity contribution in [2.45, 2.75) is 162 Å². The second-order valence-corrected chi connectivity index (χ2v) is 26.4. The van der Waals surface area contributed by atoms with E-state index in [1.807, 2.05) is 0 Å². The molecule has 0 bridgehead atoms. The molecular weight excluding hydrogens is 844 g/mol. The lowest BCUT2D eigenvalue weighted by Gasteiger charge is -2.48. The van der Waals surface area contributed by atoms with Crippen LogP contribution < -0.4 is 26.2 Å². The van der Waals surface area contributed by atoms with Gasteiger partial charge in [-0.25, -0.2) is 0 Å². The van der Waals surface area contributed by atoms with Crippen LogP contribution >= 0.6 is 0 Å². The standard InChI is InChI=1S/C67H75BN2/c1-42-34-49-51(66(12,13)32-30-64(49,8)9)40-56(42)70-57-35-45(43-22-18-16-19-23-43)26-28-53(57)68-54-39-50-52(67(14,15)33-31-65(50,10)11)41-58(54)69(59-37-47(63(5,6)7)38-60(70)61(59)68)55-29-27-46(62(2,3)4)36-48(55)44-24-20-17-21-25-44/h16-29,34-41H,30-33H2,1-15H3. The number of hydrogen-bond acceptors (Lipinski definition) is 2. The van der Waals surface area contributed by atoms with E-state index >= 15 is 0 Å². The molecule has 2 aliphatic carbocycles. The quantitative estimate of drug-likeness (QED) is 0.162. The van der Waals surface area contributed by atoms with Crippen LogP contribution in [0.1, 0.15) is 162 Å². The van der Waals surface area contributed by atoms with E-state index in [0.717, 1.165) is 6.42 Å². The van der Waals surface area contributed by atoms with Crippen molar-refractivity contribution in [3.63, 3.8) is 0 Å². The van der Waals surface area contributed by atoms with Gasteiger partial charge in [0.25, 0.3) is 6.71 Å². The van der Waals surface area contributed by atoms with Gasteiger partial charge in [0.05, 0.1) is 5.69 Å². The van der Waals surface area contributed by atoms with Gasteiger partial charge in [-0.15, -0.1) is 0 Å². The number of hydrogen-bond donors (Lipinski definition) is 0. The predicted molar refractivity (Wildman–Crippen MR) is 304 cm³/mol. The highest BCUT2D eigenvalue weighted by atomic mass is 15.2. The van der Waals surface area contributed by atoms with Gasteiger partial charge in [0.15, 0.2) is 0 Å². The third-order valence-electron chi connectivity index (χ3n) is 17.6. The summed E-state index contributed by atoms with van der Waals surface area (Å²) in [6.07, 6.45) is 4.69. The number of aryl methyl sites for hydroxylation is 1. The van der Waals surface area contributed by atoms with Gasteiger partial charge in [0, 0.05) is 34.0 Å². The minimum Gasteiger partial charge on any atom is -0.311 e. The Morgan fingerprint density at radius 3 is 1.40 bits per heavy atom. The summed E-state index contributed by atoms with van der Waals surface area (Å²) in [5.41, 5.74) is 26.9. The van der Waals surface area contributed by atoms with Crippen molar-refractivity contribution in [2.24, 2.45) is 0 Å². The van der Waals surface area contributed by atoms with Gasteiger partial charge < -0.3 is 9.80 Å². The van der Waals surface area contributed by atoms with Gasteiger partial charge in [0.1, 0.15) is 0 Å². The third kappa shape index (κ3) is 7.34. The zero-order chi connectivity index (χ0) is 49.7.